The maximum Gasteiger partial charge on any atom is 0.0462 e. The van der Waals surface area contributed by atoms with Crippen molar-refractivity contribution in [2.24, 2.45) is 11.8 Å². The minimum absolute atomic E-state index is 0.425. The summed E-state index contributed by atoms with van der Waals surface area (Å²) in [6.07, 6.45) is 5.29. The predicted molar refractivity (Wildman–Crippen MR) is 38.2 cm³/mol. The molecule has 9 heavy (non-hydrogen) atoms. The first-order valence-corrected chi connectivity index (χ1v) is 3.99. The van der Waals surface area contributed by atoms with Crippen molar-refractivity contribution in [2.75, 3.05) is 6.61 Å². The van der Waals surface area contributed by atoms with Crippen molar-refractivity contribution >= 4 is 0 Å². The molecule has 0 unspecified atom stereocenters. The fourth-order valence-corrected chi connectivity index (χ4v) is 1.35. The number of unbranched alkanes of at least 4 members (excludes halogenated alkanes) is 1. The predicted octanol–water partition coefficient (Wildman–Crippen LogP) is 1.81. The molecule has 0 amide bonds. The monoisotopic (exact) mass is 128 g/mol. The second-order valence-electron chi connectivity index (χ2n) is 3.08. The fraction of sp³-hybridized carbons (Fsp3) is 1.00. The average Bonchev–Trinajstić information content (AvgIpc) is 2.62. The summed E-state index contributed by atoms with van der Waals surface area (Å²) in [6, 6.07) is 0. The van der Waals surface area contributed by atoms with Crippen molar-refractivity contribution in [2.45, 2.75) is 32.6 Å². The molecule has 1 aliphatic rings. The van der Waals surface area contributed by atoms with Gasteiger partial charge < -0.3 is 5.11 Å². The van der Waals surface area contributed by atoms with Crippen LogP contribution in [0.1, 0.15) is 32.6 Å². The van der Waals surface area contributed by atoms with Gasteiger partial charge in [0, 0.05) is 6.61 Å². The molecule has 0 aliphatic heterocycles. The fourth-order valence-electron chi connectivity index (χ4n) is 1.35. The molecule has 1 N–H and O–H groups in total. The Kier molecular flexibility index (Phi) is 2.52. The summed E-state index contributed by atoms with van der Waals surface area (Å²) in [7, 11) is 0. The van der Waals surface area contributed by atoms with E-state index < -0.39 is 0 Å². The zero-order chi connectivity index (χ0) is 6.69. The van der Waals surface area contributed by atoms with Crippen LogP contribution in [0.15, 0.2) is 0 Å². The van der Waals surface area contributed by atoms with E-state index in [1.54, 1.807) is 0 Å². The van der Waals surface area contributed by atoms with Crippen LogP contribution in [0.2, 0.25) is 0 Å². The summed E-state index contributed by atoms with van der Waals surface area (Å²) in [5.74, 6) is 1.56. The van der Waals surface area contributed by atoms with Crippen molar-refractivity contribution in [3.05, 3.63) is 0 Å². The van der Waals surface area contributed by atoms with E-state index in [1.807, 2.05) is 0 Å². The van der Waals surface area contributed by atoms with Crippen LogP contribution in [0.4, 0.5) is 0 Å². The molecule has 1 nitrogen and oxygen atoms in total. The van der Waals surface area contributed by atoms with Gasteiger partial charge in [0.2, 0.25) is 0 Å². The van der Waals surface area contributed by atoms with Gasteiger partial charge in [-0.2, -0.15) is 0 Å². The van der Waals surface area contributed by atoms with E-state index in [0.717, 1.165) is 5.92 Å². The lowest BCUT2D eigenvalue weighted by Crippen LogP contribution is -1.88. The van der Waals surface area contributed by atoms with Crippen LogP contribution < -0.4 is 0 Å². The Hall–Kier alpha value is -0.0400. The van der Waals surface area contributed by atoms with Crippen molar-refractivity contribution in [3.63, 3.8) is 0 Å². The van der Waals surface area contributed by atoms with Gasteiger partial charge in [0.15, 0.2) is 0 Å². The van der Waals surface area contributed by atoms with E-state index in [0.29, 0.717) is 12.5 Å². The van der Waals surface area contributed by atoms with Gasteiger partial charge in [0.25, 0.3) is 0 Å². The summed E-state index contributed by atoms with van der Waals surface area (Å²) in [6.45, 7) is 2.64. The first kappa shape index (κ1) is 7.07. The summed E-state index contributed by atoms with van der Waals surface area (Å²) in [4.78, 5) is 0. The lowest BCUT2D eigenvalue weighted by molar-refractivity contribution is 0.267. The molecular weight excluding hydrogens is 112 g/mol. The van der Waals surface area contributed by atoms with Crippen molar-refractivity contribution < 1.29 is 5.11 Å². The molecule has 0 bridgehead atoms. The molecule has 1 saturated carbocycles. The molecule has 1 heteroatoms. The van der Waals surface area contributed by atoms with Gasteiger partial charge in [-0.05, 0) is 18.3 Å². The van der Waals surface area contributed by atoms with Gasteiger partial charge in [0.05, 0.1) is 0 Å². The zero-order valence-electron chi connectivity index (χ0n) is 6.14. The SMILES string of the molecule is CCCC[C@@H]1C[C@H]1CO. The molecule has 2 atom stereocenters. The lowest BCUT2D eigenvalue weighted by atomic mass is 10.1. The maximum absolute atomic E-state index is 8.68. The highest BCUT2D eigenvalue weighted by Crippen LogP contribution is 2.41. The van der Waals surface area contributed by atoms with Gasteiger partial charge in [-0.1, -0.05) is 26.2 Å². The molecule has 0 aromatic carbocycles. The van der Waals surface area contributed by atoms with Gasteiger partial charge in [0.1, 0.15) is 0 Å². The van der Waals surface area contributed by atoms with Gasteiger partial charge in [-0.25, -0.2) is 0 Å². The summed E-state index contributed by atoms with van der Waals surface area (Å²) >= 11 is 0. The molecule has 0 aromatic rings. The number of aliphatic hydroxyl groups is 1. The smallest absolute Gasteiger partial charge is 0.0462 e. The zero-order valence-corrected chi connectivity index (χ0v) is 6.14. The highest BCUT2D eigenvalue weighted by Gasteiger charge is 2.34. The second kappa shape index (κ2) is 3.21. The van der Waals surface area contributed by atoms with Crippen molar-refractivity contribution in [1.29, 1.82) is 0 Å². The van der Waals surface area contributed by atoms with Crippen molar-refractivity contribution in [3.8, 4) is 0 Å². The number of aliphatic hydroxyl groups excluding tert-OH is 1. The van der Waals surface area contributed by atoms with E-state index in [-0.39, 0.29) is 0 Å². The van der Waals surface area contributed by atoms with Crippen LogP contribution in [-0.2, 0) is 0 Å². The number of hydrogen-bond donors (Lipinski definition) is 1. The third-order valence-corrected chi connectivity index (χ3v) is 2.23. The minimum Gasteiger partial charge on any atom is -0.396 e. The van der Waals surface area contributed by atoms with Crippen LogP contribution in [0.5, 0.6) is 0 Å². The number of hydrogen-bond acceptors (Lipinski definition) is 1. The highest BCUT2D eigenvalue weighted by molar-refractivity contribution is 4.84. The van der Waals surface area contributed by atoms with E-state index in [9.17, 15) is 0 Å². The average molecular weight is 128 g/mol. The highest BCUT2D eigenvalue weighted by atomic mass is 16.3. The Labute approximate surface area is 57.1 Å². The summed E-state index contributed by atoms with van der Waals surface area (Å²) in [5.41, 5.74) is 0. The summed E-state index contributed by atoms with van der Waals surface area (Å²) < 4.78 is 0. The van der Waals surface area contributed by atoms with E-state index in [2.05, 4.69) is 6.92 Å². The topological polar surface area (TPSA) is 20.2 Å². The Morgan fingerprint density at radius 3 is 2.67 bits per heavy atom. The Morgan fingerprint density at radius 1 is 1.44 bits per heavy atom. The molecule has 0 aromatic heterocycles. The first-order valence-electron chi connectivity index (χ1n) is 3.99. The van der Waals surface area contributed by atoms with Crippen LogP contribution in [0.25, 0.3) is 0 Å². The molecule has 0 heterocycles. The van der Waals surface area contributed by atoms with Crippen LogP contribution in [0, 0.1) is 11.8 Å². The summed E-state index contributed by atoms with van der Waals surface area (Å²) in [5, 5.41) is 8.68. The first-order chi connectivity index (χ1) is 4.38. The number of rotatable bonds is 4. The van der Waals surface area contributed by atoms with Crippen LogP contribution in [-0.4, -0.2) is 11.7 Å². The van der Waals surface area contributed by atoms with Gasteiger partial charge in [-0.3, -0.25) is 0 Å². The molecule has 0 saturated heterocycles. The Morgan fingerprint density at radius 2 is 2.22 bits per heavy atom. The molecule has 1 rings (SSSR count). The Bertz CT molecular complexity index is 80.6. The van der Waals surface area contributed by atoms with E-state index >= 15 is 0 Å². The third-order valence-electron chi connectivity index (χ3n) is 2.23. The van der Waals surface area contributed by atoms with Crippen LogP contribution >= 0.6 is 0 Å². The minimum atomic E-state index is 0.425. The maximum atomic E-state index is 8.68. The van der Waals surface area contributed by atoms with E-state index in [1.165, 1.54) is 25.7 Å². The molecule has 0 radical (unpaired) electrons. The molecule has 0 spiro atoms. The third kappa shape index (κ3) is 1.98. The molecule has 54 valence electrons. The molecule has 1 aliphatic carbocycles. The normalized spacial score (nSPS) is 32.7. The van der Waals surface area contributed by atoms with Crippen LogP contribution in [0.3, 0.4) is 0 Å². The molecular formula is C8H16O. The van der Waals surface area contributed by atoms with Gasteiger partial charge in [-0.15, -0.1) is 0 Å². The largest absolute Gasteiger partial charge is 0.396 e. The quantitative estimate of drug-likeness (QED) is 0.612. The second-order valence-corrected chi connectivity index (χ2v) is 3.08. The molecule has 1 fully saturated rings. The Balaban J connectivity index is 1.92. The van der Waals surface area contributed by atoms with Gasteiger partial charge >= 0.3 is 0 Å². The standard InChI is InChI=1S/C8H16O/c1-2-3-4-7-5-8(7)6-9/h7-9H,2-6H2,1H3/t7-,8+/m1/s1. The lowest BCUT2D eigenvalue weighted by Gasteiger charge is -1.93. The van der Waals surface area contributed by atoms with Crippen molar-refractivity contribution in [1.82, 2.24) is 0 Å². The van der Waals surface area contributed by atoms with E-state index in [4.69, 9.17) is 5.11 Å².